The monoisotopic (exact) mass is 620 g/mol. The zero-order valence-electron chi connectivity index (χ0n) is 27.6. The number of amides is 3. The number of anilines is 1. The minimum atomic E-state index is -0.624. The maximum absolute atomic E-state index is 13.7. The average Bonchev–Trinajstić information content (AvgIpc) is 3.02. The van der Waals surface area contributed by atoms with E-state index < -0.39 is 6.29 Å². The largest absolute Gasteiger partial charge is 0.392 e. The molecule has 9 heteroatoms. The number of hydrogen-bond donors (Lipinski definition) is 4. The molecule has 3 aliphatic rings. The lowest BCUT2D eigenvalue weighted by atomic mass is 9.75. The lowest BCUT2D eigenvalue weighted by Crippen LogP contribution is -2.61. The molecular weight excluding hydrogens is 568 g/mol. The summed E-state index contributed by atoms with van der Waals surface area (Å²) >= 11 is 0. The zero-order valence-corrected chi connectivity index (χ0v) is 27.6. The van der Waals surface area contributed by atoms with Gasteiger partial charge < -0.3 is 30.5 Å². The van der Waals surface area contributed by atoms with Crippen LogP contribution in [0.4, 0.5) is 10.5 Å². The molecule has 3 amide bonds. The van der Waals surface area contributed by atoms with Crippen LogP contribution in [0.3, 0.4) is 0 Å². The van der Waals surface area contributed by atoms with Gasteiger partial charge in [0.15, 0.2) is 6.29 Å². The van der Waals surface area contributed by atoms with Crippen LogP contribution in [0, 0.1) is 11.8 Å². The number of ether oxygens (including phenoxy) is 2. The highest BCUT2D eigenvalue weighted by Gasteiger charge is 2.46. The molecule has 246 valence electrons. The van der Waals surface area contributed by atoms with Crippen molar-refractivity contribution >= 4 is 17.6 Å². The van der Waals surface area contributed by atoms with E-state index in [4.69, 9.17) is 9.47 Å². The van der Waals surface area contributed by atoms with E-state index in [1.807, 2.05) is 76.2 Å². The Morgan fingerprint density at radius 2 is 1.62 bits per heavy atom. The van der Waals surface area contributed by atoms with Gasteiger partial charge in [-0.25, -0.2) is 4.79 Å². The van der Waals surface area contributed by atoms with Crippen molar-refractivity contribution < 1.29 is 24.2 Å². The van der Waals surface area contributed by atoms with Crippen molar-refractivity contribution in [1.82, 2.24) is 15.5 Å². The predicted octanol–water partition coefficient (Wildman–Crippen LogP) is 6.05. The van der Waals surface area contributed by atoms with Crippen molar-refractivity contribution in [3.8, 4) is 0 Å². The van der Waals surface area contributed by atoms with Crippen molar-refractivity contribution in [1.29, 1.82) is 0 Å². The summed E-state index contributed by atoms with van der Waals surface area (Å²) in [6.45, 7) is 11.4. The number of rotatable bonds is 8. The highest BCUT2D eigenvalue weighted by Crippen LogP contribution is 2.44. The molecule has 7 unspecified atom stereocenters. The molecule has 4 N–H and O–H groups in total. The smallest absolute Gasteiger partial charge is 0.319 e. The molecule has 3 fully saturated rings. The summed E-state index contributed by atoms with van der Waals surface area (Å²) in [7, 11) is 0. The number of carbonyl (C=O) groups excluding carboxylic acids is 2. The Balaban J connectivity index is 1.43. The second-order valence-electron chi connectivity index (χ2n) is 14.1. The van der Waals surface area contributed by atoms with Crippen molar-refractivity contribution in [2.24, 2.45) is 11.8 Å². The first-order chi connectivity index (χ1) is 21.6. The lowest BCUT2D eigenvalue weighted by Gasteiger charge is -2.51. The Labute approximate surface area is 268 Å². The van der Waals surface area contributed by atoms with Crippen LogP contribution in [-0.4, -0.2) is 58.8 Å². The number of benzene rings is 2. The SMILES string of the molecule is CCNC(=O)Nc1ccc(C2OC(CN3C(C(=O)NC(C)(C)C)CCC4CCCCC43)C(C)C(c3ccc(CO)cc3)O2)cc1. The normalized spacial score (nSPS) is 29.0. The Morgan fingerprint density at radius 3 is 2.29 bits per heavy atom. The molecule has 2 aromatic rings. The van der Waals surface area contributed by atoms with Gasteiger partial charge in [-0.05, 0) is 82.6 Å². The molecule has 1 aliphatic carbocycles. The number of aliphatic hydroxyl groups excluding tert-OH is 1. The third-order valence-electron chi connectivity index (χ3n) is 9.60. The van der Waals surface area contributed by atoms with E-state index in [1.54, 1.807) is 0 Å². The van der Waals surface area contributed by atoms with Gasteiger partial charge in [0.05, 0.1) is 24.9 Å². The van der Waals surface area contributed by atoms with Crippen LogP contribution in [0.15, 0.2) is 48.5 Å². The summed E-state index contributed by atoms with van der Waals surface area (Å²) in [5.74, 6) is 0.722. The molecule has 0 bridgehead atoms. The third kappa shape index (κ3) is 8.25. The van der Waals surface area contributed by atoms with Crippen LogP contribution >= 0.6 is 0 Å². The number of fused-ring (bicyclic) bond motifs is 1. The Kier molecular flexibility index (Phi) is 10.9. The number of likely N-dealkylation sites (tertiary alicyclic amines) is 1. The fourth-order valence-corrected chi connectivity index (χ4v) is 7.32. The molecule has 7 atom stereocenters. The molecule has 45 heavy (non-hydrogen) atoms. The zero-order chi connectivity index (χ0) is 32.1. The second-order valence-corrected chi connectivity index (χ2v) is 14.1. The van der Waals surface area contributed by atoms with E-state index in [0.29, 0.717) is 30.7 Å². The van der Waals surface area contributed by atoms with Crippen LogP contribution in [0.2, 0.25) is 0 Å². The summed E-state index contributed by atoms with van der Waals surface area (Å²) in [5, 5.41) is 18.5. The van der Waals surface area contributed by atoms with E-state index in [1.165, 1.54) is 19.3 Å². The molecule has 0 aromatic heterocycles. The van der Waals surface area contributed by atoms with Gasteiger partial charge in [0.25, 0.3) is 0 Å². The third-order valence-corrected chi connectivity index (χ3v) is 9.60. The summed E-state index contributed by atoms with van der Waals surface area (Å²) < 4.78 is 13.5. The number of hydrogen-bond acceptors (Lipinski definition) is 6. The predicted molar refractivity (Wildman–Crippen MR) is 175 cm³/mol. The van der Waals surface area contributed by atoms with Crippen LogP contribution < -0.4 is 16.0 Å². The number of urea groups is 1. The highest BCUT2D eigenvalue weighted by atomic mass is 16.7. The molecule has 9 nitrogen and oxygen atoms in total. The van der Waals surface area contributed by atoms with Gasteiger partial charge in [0.2, 0.25) is 5.91 Å². The second kappa shape index (κ2) is 14.6. The first-order valence-corrected chi connectivity index (χ1v) is 16.8. The molecule has 0 radical (unpaired) electrons. The highest BCUT2D eigenvalue weighted by molar-refractivity contribution is 5.89. The number of carbonyl (C=O) groups is 2. The molecule has 2 aliphatic heterocycles. The number of aliphatic hydroxyl groups is 1. The maximum Gasteiger partial charge on any atom is 0.319 e. The van der Waals surface area contributed by atoms with Crippen LogP contribution in [0.5, 0.6) is 0 Å². The van der Waals surface area contributed by atoms with Crippen molar-refractivity contribution in [3.63, 3.8) is 0 Å². The molecule has 5 rings (SSSR count). The van der Waals surface area contributed by atoms with E-state index in [0.717, 1.165) is 36.0 Å². The number of piperidine rings is 1. The van der Waals surface area contributed by atoms with E-state index in [-0.39, 0.29) is 48.3 Å². The maximum atomic E-state index is 13.7. The first-order valence-electron chi connectivity index (χ1n) is 16.8. The quantitative estimate of drug-likeness (QED) is 0.286. The summed E-state index contributed by atoms with van der Waals surface area (Å²) in [6.07, 6.45) is 5.67. The van der Waals surface area contributed by atoms with Crippen molar-refractivity contribution in [2.75, 3.05) is 18.4 Å². The fraction of sp³-hybridized carbons (Fsp3) is 0.611. The van der Waals surface area contributed by atoms with Crippen LogP contribution in [0.25, 0.3) is 0 Å². The number of nitrogens with zero attached hydrogens (tertiary/aromatic N) is 1. The summed E-state index contributed by atoms with van der Waals surface area (Å²) in [6, 6.07) is 15.5. The van der Waals surface area contributed by atoms with Gasteiger partial charge >= 0.3 is 6.03 Å². The Hall–Kier alpha value is -2.98. The Morgan fingerprint density at radius 1 is 0.933 bits per heavy atom. The van der Waals surface area contributed by atoms with Crippen LogP contribution in [-0.2, 0) is 20.9 Å². The Bertz CT molecular complexity index is 1280. The fourth-order valence-electron chi connectivity index (χ4n) is 7.32. The number of nitrogens with one attached hydrogen (secondary N) is 3. The minimum absolute atomic E-state index is 0.00944. The van der Waals surface area contributed by atoms with Gasteiger partial charge in [-0.3, -0.25) is 9.69 Å². The molecule has 2 saturated heterocycles. The van der Waals surface area contributed by atoms with Gasteiger partial charge in [-0.1, -0.05) is 56.2 Å². The van der Waals surface area contributed by atoms with Crippen LogP contribution in [0.1, 0.15) is 102 Å². The first kappa shape index (κ1) is 33.4. The molecule has 0 spiro atoms. The standard InChI is InChI=1S/C36H52N4O5/c1-6-37-35(43)38-28-18-15-27(16-19-28)34-44-31(23(2)32(45-34)26-13-11-24(22-41)12-14-26)21-40-29-10-8-7-9-25(29)17-20-30(40)33(42)39-36(3,4)5/h11-16,18-19,23,25,29-32,34,41H,6-10,17,20-22H2,1-5H3,(H,39,42)(H2,37,38,43). The minimum Gasteiger partial charge on any atom is -0.392 e. The van der Waals surface area contributed by atoms with Gasteiger partial charge in [0, 0.05) is 41.8 Å². The molecule has 1 saturated carbocycles. The molecule has 2 heterocycles. The van der Waals surface area contributed by atoms with E-state index in [2.05, 4.69) is 27.8 Å². The van der Waals surface area contributed by atoms with Gasteiger partial charge in [0.1, 0.15) is 0 Å². The van der Waals surface area contributed by atoms with Gasteiger partial charge in [-0.15, -0.1) is 0 Å². The summed E-state index contributed by atoms with van der Waals surface area (Å²) in [4.78, 5) is 28.2. The van der Waals surface area contributed by atoms with Crippen molar-refractivity contribution in [2.45, 2.75) is 116 Å². The molecular formula is C36H52N4O5. The van der Waals surface area contributed by atoms with E-state index in [9.17, 15) is 14.7 Å². The molecule has 2 aromatic carbocycles. The topological polar surface area (TPSA) is 112 Å². The van der Waals surface area contributed by atoms with Gasteiger partial charge in [-0.2, -0.15) is 0 Å². The van der Waals surface area contributed by atoms with Crippen molar-refractivity contribution in [3.05, 3.63) is 65.2 Å². The summed E-state index contributed by atoms with van der Waals surface area (Å²) in [5.41, 5.74) is 3.13. The van der Waals surface area contributed by atoms with E-state index >= 15 is 0 Å². The lowest BCUT2D eigenvalue weighted by molar-refractivity contribution is -0.278. The average molecular weight is 621 g/mol.